The molecule has 2 aromatic rings. The molecule has 0 atom stereocenters. The molecule has 120 valence electrons. The van der Waals surface area contributed by atoms with Crippen LogP contribution in [-0.2, 0) is 17.6 Å². The number of benzene rings is 2. The van der Waals surface area contributed by atoms with Gasteiger partial charge in [-0.2, -0.15) is 0 Å². The first-order chi connectivity index (χ1) is 11.2. The fourth-order valence-electron chi connectivity index (χ4n) is 2.77. The molecule has 1 aliphatic rings. The van der Waals surface area contributed by atoms with Crippen LogP contribution in [0.5, 0.6) is 5.75 Å². The molecular formula is C19H22N2O2. The van der Waals surface area contributed by atoms with Crippen molar-refractivity contribution in [2.75, 3.05) is 31.6 Å². The predicted molar refractivity (Wildman–Crippen MR) is 92.1 cm³/mol. The first-order valence-corrected chi connectivity index (χ1v) is 8.00. The van der Waals surface area contributed by atoms with E-state index in [0.29, 0.717) is 13.0 Å². The Morgan fingerprint density at radius 1 is 1.22 bits per heavy atom. The van der Waals surface area contributed by atoms with Crippen LogP contribution in [0.2, 0.25) is 0 Å². The fourth-order valence-corrected chi connectivity index (χ4v) is 2.77. The minimum absolute atomic E-state index is 0.0605. The average Bonchev–Trinajstić information content (AvgIpc) is 3.03. The number of nitrogens with zero attached hydrogens (tertiary/aromatic N) is 1. The van der Waals surface area contributed by atoms with E-state index >= 15 is 0 Å². The Labute approximate surface area is 137 Å². The average molecular weight is 310 g/mol. The normalized spacial score (nSPS) is 12.4. The van der Waals surface area contributed by atoms with Crippen LogP contribution < -0.4 is 15.0 Å². The molecule has 0 saturated carbocycles. The number of ether oxygens (including phenoxy) is 1. The van der Waals surface area contributed by atoms with Crippen LogP contribution in [0.25, 0.3) is 0 Å². The van der Waals surface area contributed by atoms with Gasteiger partial charge < -0.3 is 15.0 Å². The third-order valence-corrected chi connectivity index (χ3v) is 4.08. The molecule has 23 heavy (non-hydrogen) atoms. The lowest BCUT2D eigenvalue weighted by Gasteiger charge is -2.19. The summed E-state index contributed by atoms with van der Waals surface area (Å²) >= 11 is 0. The molecule has 0 unspecified atom stereocenters. The Morgan fingerprint density at radius 3 is 2.87 bits per heavy atom. The van der Waals surface area contributed by atoms with E-state index < -0.39 is 0 Å². The van der Waals surface area contributed by atoms with Crippen molar-refractivity contribution in [2.45, 2.75) is 12.8 Å². The lowest BCUT2D eigenvalue weighted by molar-refractivity contribution is -0.120. The summed E-state index contributed by atoms with van der Waals surface area (Å²) in [5.41, 5.74) is 3.41. The van der Waals surface area contributed by atoms with Crippen molar-refractivity contribution in [1.82, 2.24) is 5.32 Å². The first kappa shape index (κ1) is 15.4. The highest BCUT2D eigenvalue weighted by atomic mass is 16.5. The second kappa shape index (κ2) is 7.18. The van der Waals surface area contributed by atoms with Crippen LogP contribution >= 0.6 is 0 Å². The monoisotopic (exact) mass is 310 g/mol. The van der Waals surface area contributed by atoms with Gasteiger partial charge in [0, 0.05) is 32.2 Å². The van der Waals surface area contributed by atoms with Crippen LogP contribution in [-0.4, -0.2) is 32.7 Å². The highest BCUT2D eigenvalue weighted by Gasteiger charge is 2.13. The predicted octanol–water partition coefficient (Wildman–Crippen LogP) is 2.42. The minimum atomic E-state index is 0.0605. The Bertz CT molecular complexity index is 670. The van der Waals surface area contributed by atoms with Gasteiger partial charge in [-0.05, 0) is 29.3 Å². The van der Waals surface area contributed by atoms with Crippen molar-refractivity contribution in [1.29, 1.82) is 0 Å². The number of fused-ring (bicyclic) bond motifs is 1. The van der Waals surface area contributed by atoms with Gasteiger partial charge in [-0.25, -0.2) is 0 Å². The maximum Gasteiger partial charge on any atom is 0.224 e. The van der Waals surface area contributed by atoms with Gasteiger partial charge in [0.05, 0.1) is 13.0 Å². The van der Waals surface area contributed by atoms with E-state index in [4.69, 9.17) is 4.74 Å². The number of nitrogens with one attached hydrogen (secondary N) is 1. The van der Waals surface area contributed by atoms with Crippen LogP contribution in [0.15, 0.2) is 48.5 Å². The van der Waals surface area contributed by atoms with Gasteiger partial charge in [0.25, 0.3) is 0 Å². The zero-order valence-corrected chi connectivity index (χ0v) is 13.4. The summed E-state index contributed by atoms with van der Waals surface area (Å²) in [6.07, 6.45) is 1.36. The van der Waals surface area contributed by atoms with Gasteiger partial charge in [-0.15, -0.1) is 0 Å². The molecule has 0 bridgehead atoms. The molecule has 1 heterocycles. The van der Waals surface area contributed by atoms with E-state index in [9.17, 15) is 4.79 Å². The number of carbonyl (C=O) groups is 1. The zero-order valence-electron chi connectivity index (χ0n) is 13.4. The van der Waals surface area contributed by atoms with Crippen LogP contribution in [0.1, 0.15) is 11.1 Å². The third-order valence-electron chi connectivity index (χ3n) is 4.08. The van der Waals surface area contributed by atoms with Gasteiger partial charge in [-0.3, -0.25) is 4.79 Å². The highest BCUT2D eigenvalue weighted by molar-refractivity contribution is 5.78. The van der Waals surface area contributed by atoms with Gasteiger partial charge >= 0.3 is 0 Å². The van der Waals surface area contributed by atoms with E-state index in [1.54, 1.807) is 0 Å². The molecule has 1 amide bonds. The molecule has 4 nitrogen and oxygen atoms in total. The molecule has 2 aromatic carbocycles. The summed E-state index contributed by atoms with van der Waals surface area (Å²) < 4.78 is 5.49. The number of hydrogen-bond donors (Lipinski definition) is 1. The molecule has 0 aliphatic carbocycles. The molecule has 0 saturated heterocycles. The van der Waals surface area contributed by atoms with Crippen molar-refractivity contribution < 1.29 is 9.53 Å². The van der Waals surface area contributed by atoms with E-state index in [1.807, 2.05) is 37.4 Å². The first-order valence-electron chi connectivity index (χ1n) is 8.00. The van der Waals surface area contributed by atoms with Crippen LogP contribution in [0.4, 0.5) is 5.69 Å². The number of hydrogen-bond acceptors (Lipinski definition) is 3. The SMILES string of the molecule is CN(CCNC(=O)Cc1ccc2c(c1)CCO2)c1ccccc1. The number of amides is 1. The molecule has 1 aliphatic heterocycles. The van der Waals surface area contributed by atoms with Crippen molar-refractivity contribution in [2.24, 2.45) is 0 Å². The third kappa shape index (κ3) is 4.03. The quantitative estimate of drug-likeness (QED) is 0.891. The van der Waals surface area contributed by atoms with Gasteiger partial charge in [0.2, 0.25) is 5.91 Å². The van der Waals surface area contributed by atoms with E-state index in [-0.39, 0.29) is 5.91 Å². The molecule has 3 rings (SSSR count). The molecule has 4 heteroatoms. The molecule has 0 fully saturated rings. The molecular weight excluding hydrogens is 288 g/mol. The van der Waals surface area contributed by atoms with E-state index in [0.717, 1.165) is 36.6 Å². The maximum absolute atomic E-state index is 12.1. The van der Waals surface area contributed by atoms with Crippen molar-refractivity contribution in [3.8, 4) is 5.75 Å². The molecule has 0 spiro atoms. The molecule has 1 N–H and O–H groups in total. The lowest BCUT2D eigenvalue weighted by atomic mass is 10.1. The largest absolute Gasteiger partial charge is 0.493 e. The smallest absolute Gasteiger partial charge is 0.224 e. The number of anilines is 1. The second-order valence-corrected chi connectivity index (χ2v) is 5.82. The number of likely N-dealkylation sites (N-methyl/N-ethyl adjacent to an activating group) is 1. The van der Waals surface area contributed by atoms with Crippen molar-refractivity contribution >= 4 is 11.6 Å². The summed E-state index contributed by atoms with van der Waals surface area (Å²) in [6, 6.07) is 16.2. The fraction of sp³-hybridized carbons (Fsp3) is 0.316. The summed E-state index contributed by atoms with van der Waals surface area (Å²) in [6.45, 7) is 2.17. The van der Waals surface area contributed by atoms with Gasteiger partial charge in [0.15, 0.2) is 0 Å². The lowest BCUT2D eigenvalue weighted by Crippen LogP contribution is -2.33. The van der Waals surface area contributed by atoms with E-state index in [2.05, 4.69) is 28.4 Å². The number of carbonyl (C=O) groups excluding carboxylic acids is 1. The van der Waals surface area contributed by atoms with Crippen molar-refractivity contribution in [3.05, 3.63) is 59.7 Å². The maximum atomic E-state index is 12.1. The Kier molecular flexibility index (Phi) is 4.81. The van der Waals surface area contributed by atoms with Crippen LogP contribution in [0, 0.1) is 0 Å². The summed E-state index contributed by atoms with van der Waals surface area (Å²) in [7, 11) is 2.03. The molecule has 0 radical (unpaired) electrons. The van der Waals surface area contributed by atoms with Gasteiger partial charge in [-0.1, -0.05) is 30.3 Å². The number of para-hydroxylation sites is 1. The second-order valence-electron chi connectivity index (χ2n) is 5.82. The molecule has 0 aromatic heterocycles. The summed E-state index contributed by atoms with van der Waals surface area (Å²) in [5, 5.41) is 2.99. The topological polar surface area (TPSA) is 41.6 Å². The highest BCUT2D eigenvalue weighted by Crippen LogP contribution is 2.25. The standard InChI is InChI=1S/C19H22N2O2/c1-21(17-5-3-2-4-6-17)11-10-20-19(22)14-15-7-8-18-16(13-15)9-12-23-18/h2-8,13H,9-12,14H2,1H3,(H,20,22). The summed E-state index contributed by atoms with van der Waals surface area (Å²) in [4.78, 5) is 14.2. The zero-order chi connectivity index (χ0) is 16.1. The van der Waals surface area contributed by atoms with Crippen molar-refractivity contribution in [3.63, 3.8) is 0 Å². The summed E-state index contributed by atoms with van der Waals surface area (Å²) in [5.74, 6) is 1.02. The Hall–Kier alpha value is -2.49. The van der Waals surface area contributed by atoms with Gasteiger partial charge in [0.1, 0.15) is 5.75 Å². The number of rotatable bonds is 6. The Morgan fingerprint density at radius 2 is 2.04 bits per heavy atom. The van der Waals surface area contributed by atoms with Crippen LogP contribution in [0.3, 0.4) is 0 Å². The van der Waals surface area contributed by atoms with E-state index in [1.165, 1.54) is 5.56 Å². The minimum Gasteiger partial charge on any atom is -0.493 e. The Balaban J connectivity index is 1.45.